The third-order valence-corrected chi connectivity index (χ3v) is 6.18. The van der Waals surface area contributed by atoms with E-state index in [1.54, 1.807) is 11.3 Å². The topological polar surface area (TPSA) is 29.3 Å². The first kappa shape index (κ1) is 14.4. The van der Waals surface area contributed by atoms with Crippen molar-refractivity contribution in [2.75, 3.05) is 12.3 Å². The molecule has 1 aliphatic heterocycles. The maximum Gasteiger partial charge on any atom is 0.193 e. The fraction of sp³-hybridized carbons (Fsp3) is 0.667. The van der Waals surface area contributed by atoms with Crippen LogP contribution in [0.25, 0.3) is 4.96 Å². The smallest absolute Gasteiger partial charge is 0.193 e. The van der Waals surface area contributed by atoms with E-state index in [4.69, 9.17) is 4.98 Å². The van der Waals surface area contributed by atoms with Gasteiger partial charge in [-0.15, -0.1) is 11.3 Å². The molecule has 2 unspecified atom stereocenters. The van der Waals surface area contributed by atoms with Gasteiger partial charge in [0.05, 0.1) is 5.69 Å². The lowest BCUT2D eigenvalue weighted by atomic mass is 10.0. The molecular weight excluding hydrogens is 286 g/mol. The predicted molar refractivity (Wildman–Crippen MR) is 89.0 cm³/mol. The molecule has 3 rings (SSSR count). The third-order valence-electron chi connectivity index (χ3n) is 3.89. The number of nitrogens with one attached hydrogen (secondary N) is 1. The molecule has 1 N–H and O–H groups in total. The van der Waals surface area contributed by atoms with E-state index in [2.05, 4.69) is 46.2 Å². The Balaban J connectivity index is 1.69. The molecule has 0 bridgehead atoms. The van der Waals surface area contributed by atoms with Crippen molar-refractivity contribution >= 4 is 28.1 Å². The van der Waals surface area contributed by atoms with Crippen molar-refractivity contribution in [2.24, 2.45) is 0 Å². The van der Waals surface area contributed by atoms with Gasteiger partial charge in [0, 0.05) is 35.5 Å². The highest BCUT2D eigenvalue weighted by atomic mass is 32.2. The zero-order valence-corrected chi connectivity index (χ0v) is 13.7. The van der Waals surface area contributed by atoms with Gasteiger partial charge >= 0.3 is 0 Å². The van der Waals surface area contributed by atoms with Crippen LogP contribution < -0.4 is 5.32 Å². The predicted octanol–water partition coefficient (Wildman–Crippen LogP) is 3.59. The highest BCUT2D eigenvalue weighted by Gasteiger charge is 2.24. The molecule has 0 aromatic carbocycles. The second-order valence-electron chi connectivity index (χ2n) is 5.49. The fourth-order valence-electron chi connectivity index (χ4n) is 2.85. The minimum atomic E-state index is 0.574. The molecule has 5 heteroatoms. The van der Waals surface area contributed by atoms with Gasteiger partial charge in [0.2, 0.25) is 0 Å². The molecule has 2 atom stereocenters. The van der Waals surface area contributed by atoms with Crippen LogP contribution in [0.3, 0.4) is 0 Å². The Morgan fingerprint density at radius 3 is 3.20 bits per heavy atom. The van der Waals surface area contributed by atoms with Crippen LogP contribution in [0.1, 0.15) is 38.3 Å². The largest absolute Gasteiger partial charge is 0.312 e. The zero-order valence-electron chi connectivity index (χ0n) is 12.0. The van der Waals surface area contributed by atoms with Crippen molar-refractivity contribution in [3.05, 3.63) is 23.5 Å². The molecular formula is C15H23N3S2. The number of hydrogen-bond acceptors (Lipinski definition) is 4. The van der Waals surface area contributed by atoms with Crippen molar-refractivity contribution in [3.8, 4) is 0 Å². The molecule has 1 fully saturated rings. The quantitative estimate of drug-likeness (QED) is 0.884. The van der Waals surface area contributed by atoms with Gasteiger partial charge in [0.1, 0.15) is 0 Å². The van der Waals surface area contributed by atoms with Crippen LogP contribution >= 0.6 is 23.1 Å². The Morgan fingerprint density at radius 1 is 1.50 bits per heavy atom. The fourth-order valence-corrected chi connectivity index (χ4v) is 5.00. The summed E-state index contributed by atoms with van der Waals surface area (Å²) in [5.41, 5.74) is 1.23. The minimum absolute atomic E-state index is 0.574. The molecule has 3 heterocycles. The van der Waals surface area contributed by atoms with Crippen molar-refractivity contribution < 1.29 is 0 Å². The van der Waals surface area contributed by atoms with Gasteiger partial charge in [-0.05, 0) is 31.6 Å². The summed E-state index contributed by atoms with van der Waals surface area (Å²) in [6.45, 7) is 3.36. The molecule has 0 amide bonds. The van der Waals surface area contributed by atoms with Crippen LogP contribution in [0.15, 0.2) is 17.8 Å². The first-order valence-corrected chi connectivity index (χ1v) is 9.55. The number of nitrogens with zero attached hydrogens (tertiary/aromatic N) is 2. The highest BCUT2D eigenvalue weighted by molar-refractivity contribution is 8.00. The normalized spacial score (nSPS) is 21.4. The van der Waals surface area contributed by atoms with Gasteiger partial charge in [-0.3, -0.25) is 4.40 Å². The molecule has 0 saturated carbocycles. The molecule has 110 valence electrons. The van der Waals surface area contributed by atoms with Crippen molar-refractivity contribution in [1.82, 2.24) is 14.7 Å². The summed E-state index contributed by atoms with van der Waals surface area (Å²) < 4.78 is 2.14. The van der Waals surface area contributed by atoms with E-state index >= 15 is 0 Å². The molecule has 3 nitrogen and oxygen atoms in total. The van der Waals surface area contributed by atoms with Crippen LogP contribution in [0.5, 0.6) is 0 Å². The number of imidazole rings is 1. The summed E-state index contributed by atoms with van der Waals surface area (Å²) >= 11 is 3.87. The summed E-state index contributed by atoms with van der Waals surface area (Å²) in [5.74, 6) is 1.33. The van der Waals surface area contributed by atoms with Crippen LogP contribution in [0, 0.1) is 0 Å². The molecule has 1 saturated heterocycles. The number of thioether (sulfide) groups is 1. The molecule has 2 aromatic rings. The van der Waals surface area contributed by atoms with E-state index in [-0.39, 0.29) is 0 Å². The average Bonchev–Trinajstić information content (AvgIpc) is 3.05. The van der Waals surface area contributed by atoms with E-state index < -0.39 is 0 Å². The lowest BCUT2D eigenvalue weighted by Gasteiger charge is -2.30. The van der Waals surface area contributed by atoms with Crippen LogP contribution in [-0.4, -0.2) is 33.0 Å². The average molecular weight is 310 g/mol. The van der Waals surface area contributed by atoms with E-state index in [0.717, 1.165) is 23.2 Å². The number of rotatable bonds is 6. The van der Waals surface area contributed by atoms with Crippen LogP contribution in [0.2, 0.25) is 0 Å². The summed E-state index contributed by atoms with van der Waals surface area (Å²) in [6, 6.07) is 0.574. The van der Waals surface area contributed by atoms with E-state index in [0.29, 0.717) is 6.04 Å². The van der Waals surface area contributed by atoms with Crippen molar-refractivity contribution in [3.63, 3.8) is 0 Å². The summed E-state index contributed by atoms with van der Waals surface area (Å²) in [4.78, 5) is 5.86. The van der Waals surface area contributed by atoms with Crippen LogP contribution in [0.4, 0.5) is 0 Å². The monoisotopic (exact) mass is 309 g/mol. The first-order chi connectivity index (χ1) is 9.86. The first-order valence-electron chi connectivity index (χ1n) is 7.63. The summed E-state index contributed by atoms with van der Waals surface area (Å²) in [6.07, 6.45) is 10.7. The minimum Gasteiger partial charge on any atom is -0.312 e. The number of fused-ring (bicyclic) bond motifs is 1. The zero-order chi connectivity index (χ0) is 13.8. The van der Waals surface area contributed by atoms with Crippen molar-refractivity contribution in [1.29, 1.82) is 0 Å². The van der Waals surface area contributed by atoms with Crippen molar-refractivity contribution in [2.45, 2.75) is 50.3 Å². The summed E-state index contributed by atoms with van der Waals surface area (Å²) in [5, 5.41) is 6.61. The maximum atomic E-state index is 4.75. The van der Waals surface area contributed by atoms with Gasteiger partial charge in [-0.2, -0.15) is 11.8 Å². The Hall–Kier alpha value is -0.520. The number of aromatic nitrogens is 2. The van der Waals surface area contributed by atoms with Gasteiger partial charge in [0.25, 0.3) is 0 Å². The van der Waals surface area contributed by atoms with E-state index in [1.807, 2.05) is 0 Å². The SMILES string of the molecule is CCCNC(Cc1cn2ccsc2n1)C1CCCCS1. The number of thiazole rings is 1. The lowest BCUT2D eigenvalue weighted by Crippen LogP contribution is -2.41. The van der Waals surface area contributed by atoms with Gasteiger partial charge in [-0.1, -0.05) is 13.3 Å². The third kappa shape index (κ3) is 3.38. The molecule has 1 aliphatic rings. The van der Waals surface area contributed by atoms with Gasteiger partial charge in [-0.25, -0.2) is 4.98 Å². The van der Waals surface area contributed by atoms with E-state index in [1.165, 1.54) is 37.1 Å². The second-order valence-corrected chi connectivity index (χ2v) is 7.71. The lowest BCUT2D eigenvalue weighted by molar-refractivity contribution is 0.459. The maximum absolute atomic E-state index is 4.75. The molecule has 20 heavy (non-hydrogen) atoms. The van der Waals surface area contributed by atoms with Gasteiger partial charge < -0.3 is 5.32 Å². The Labute approximate surface area is 129 Å². The van der Waals surface area contributed by atoms with E-state index in [9.17, 15) is 0 Å². The molecule has 2 aromatic heterocycles. The Kier molecular flexibility index (Phi) is 5.02. The molecule has 0 radical (unpaired) electrons. The molecule has 0 spiro atoms. The second kappa shape index (κ2) is 6.96. The summed E-state index contributed by atoms with van der Waals surface area (Å²) in [7, 11) is 0. The van der Waals surface area contributed by atoms with Crippen LogP contribution in [-0.2, 0) is 6.42 Å². The Morgan fingerprint density at radius 2 is 2.45 bits per heavy atom. The number of hydrogen-bond donors (Lipinski definition) is 1. The Bertz CT molecular complexity index is 499. The standard InChI is InChI=1S/C15H23N3S2/c1-2-6-16-13(14-5-3-4-8-19-14)10-12-11-18-7-9-20-15(18)17-12/h7,9,11,13-14,16H,2-6,8,10H2,1H3. The molecule has 0 aliphatic carbocycles. The highest BCUT2D eigenvalue weighted by Crippen LogP contribution is 2.29. The van der Waals surface area contributed by atoms with Gasteiger partial charge in [0.15, 0.2) is 4.96 Å².